The highest BCUT2D eigenvalue weighted by Gasteiger charge is 2.17. The van der Waals surface area contributed by atoms with Crippen LogP contribution in [0, 0.1) is 0 Å². The van der Waals surface area contributed by atoms with Crippen LogP contribution in [0.4, 0.5) is 5.69 Å². The first kappa shape index (κ1) is 13.2. The fourth-order valence-electron chi connectivity index (χ4n) is 1.50. The molecule has 1 amide bonds. The number of nitrogens with two attached hydrogens (primary N) is 1. The normalized spacial score (nSPS) is 12.6. The van der Waals surface area contributed by atoms with Gasteiger partial charge < -0.3 is 15.8 Å². The van der Waals surface area contributed by atoms with Gasteiger partial charge in [0.2, 0.25) is 5.91 Å². The van der Waals surface area contributed by atoms with Crippen LogP contribution in [0.15, 0.2) is 17.6 Å². The molecule has 0 radical (unpaired) electrons. The molecule has 18 heavy (non-hydrogen) atoms. The third-order valence-electron chi connectivity index (χ3n) is 2.38. The number of methoxy groups -OCH3 is 1. The van der Waals surface area contributed by atoms with Crippen molar-refractivity contribution in [3.63, 3.8) is 0 Å². The fourth-order valence-corrected chi connectivity index (χ4v) is 2.38. The van der Waals surface area contributed by atoms with Gasteiger partial charge in [-0.25, -0.2) is 4.98 Å². The van der Waals surface area contributed by atoms with Crippen molar-refractivity contribution in [2.75, 3.05) is 19.0 Å². The van der Waals surface area contributed by atoms with E-state index in [1.54, 1.807) is 11.6 Å². The number of benzene rings is 1. The molecule has 96 valence electrons. The zero-order valence-corrected chi connectivity index (χ0v) is 11.2. The Bertz CT molecular complexity index is 572. The zero-order valence-electron chi connectivity index (χ0n) is 9.64. The van der Waals surface area contributed by atoms with Crippen LogP contribution in [-0.4, -0.2) is 30.6 Å². The van der Waals surface area contributed by atoms with Crippen molar-refractivity contribution in [1.82, 2.24) is 4.98 Å². The Labute approximate surface area is 113 Å². The van der Waals surface area contributed by atoms with Gasteiger partial charge in [0, 0.05) is 7.11 Å². The number of carbonyl (C=O) groups is 1. The Morgan fingerprint density at radius 1 is 1.67 bits per heavy atom. The van der Waals surface area contributed by atoms with E-state index in [2.05, 4.69) is 10.3 Å². The zero-order chi connectivity index (χ0) is 13.1. The third-order valence-corrected chi connectivity index (χ3v) is 3.49. The summed E-state index contributed by atoms with van der Waals surface area (Å²) in [5.41, 5.74) is 8.51. The minimum Gasteiger partial charge on any atom is -0.383 e. The lowest BCUT2D eigenvalue weighted by molar-refractivity contribution is -0.118. The van der Waals surface area contributed by atoms with E-state index in [4.69, 9.17) is 22.1 Å². The molecule has 0 aliphatic rings. The van der Waals surface area contributed by atoms with Crippen LogP contribution >= 0.6 is 22.9 Å². The van der Waals surface area contributed by atoms with Crippen molar-refractivity contribution in [3.8, 4) is 0 Å². The fraction of sp³-hybridized carbons (Fsp3) is 0.273. The van der Waals surface area contributed by atoms with Gasteiger partial charge in [-0.1, -0.05) is 11.6 Å². The van der Waals surface area contributed by atoms with E-state index in [0.717, 1.165) is 4.70 Å². The minimum absolute atomic E-state index is 0.149. The highest BCUT2D eigenvalue weighted by molar-refractivity contribution is 7.16. The molecular formula is C11H12ClN3O2S. The first-order valence-corrected chi connectivity index (χ1v) is 6.46. The van der Waals surface area contributed by atoms with Gasteiger partial charge in [-0.15, -0.1) is 11.3 Å². The summed E-state index contributed by atoms with van der Waals surface area (Å²) in [6.45, 7) is 0.149. The van der Waals surface area contributed by atoms with Gasteiger partial charge in [0.25, 0.3) is 0 Å². The van der Waals surface area contributed by atoms with Crippen LogP contribution in [-0.2, 0) is 9.53 Å². The van der Waals surface area contributed by atoms with Crippen LogP contribution in [0.5, 0.6) is 0 Å². The van der Waals surface area contributed by atoms with E-state index >= 15 is 0 Å². The Balaban J connectivity index is 2.28. The number of nitrogens with one attached hydrogen (secondary N) is 1. The average molecular weight is 286 g/mol. The second-order valence-corrected chi connectivity index (χ2v) is 4.97. The molecule has 1 heterocycles. The maximum atomic E-state index is 11.8. The summed E-state index contributed by atoms with van der Waals surface area (Å²) in [5, 5.41) is 3.13. The predicted octanol–water partition coefficient (Wildman–Crippen LogP) is 1.86. The van der Waals surface area contributed by atoms with E-state index in [1.165, 1.54) is 18.4 Å². The van der Waals surface area contributed by atoms with Crippen LogP contribution in [0.3, 0.4) is 0 Å². The summed E-state index contributed by atoms with van der Waals surface area (Å²) < 4.78 is 5.79. The predicted molar refractivity (Wildman–Crippen MR) is 73.1 cm³/mol. The molecule has 7 heteroatoms. The molecule has 5 nitrogen and oxygen atoms in total. The lowest BCUT2D eigenvalue weighted by Gasteiger charge is -2.12. The Kier molecular flexibility index (Phi) is 4.13. The van der Waals surface area contributed by atoms with Gasteiger partial charge in [-0.2, -0.15) is 0 Å². The van der Waals surface area contributed by atoms with Crippen LogP contribution < -0.4 is 11.1 Å². The second kappa shape index (κ2) is 5.62. The largest absolute Gasteiger partial charge is 0.383 e. The molecule has 0 spiro atoms. The molecule has 2 rings (SSSR count). The van der Waals surface area contributed by atoms with Crippen LogP contribution in [0.25, 0.3) is 10.2 Å². The van der Waals surface area contributed by atoms with Crippen molar-refractivity contribution >= 4 is 44.7 Å². The van der Waals surface area contributed by atoms with Crippen molar-refractivity contribution < 1.29 is 9.53 Å². The number of nitrogens with zero attached hydrogens (tertiary/aromatic N) is 1. The van der Waals surface area contributed by atoms with E-state index in [-0.39, 0.29) is 12.5 Å². The second-order valence-electron chi connectivity index (χ2n) is 3.67. The Hall–Kier alpha value is -1.21. The molecule has 0 saturated heterocycles. The molecule has 3 N–H and O–H groups in total. The molecule has 0 saturated carbocycles. The summed E-state index contributed by atoms with van der Waals surface area (Å²) in [5.74, 6) is -0.348. The highest BCUT2D eigenvalue weighted by atomic mass is 35.5. The summed E-state index contributed by atoms with van der Waals surface area (Å²) in [4.78, 5) is 16.0. The summed E-state index contributed by atoms with van der Waals surface area (Å²) in [6.07, 6.45) is 0. The van der Waals surface area contributed by atoms with Gasteiger partial charge in [-0.05, 0) is 12.1 Å². The Morgan fingerprint density at radius 2 is 2.44 bits per heavy atom. The van der Waals surface area contributed by atoms with Gasteiger partial charge in [0.1, 0.15) is 11.6 Å². The van der Waals surface area contributed by atoms with Crippen molar-refractivity contribution in [3.05, 3.63) is 22.7 Å². The molecule has 0 bridgehead atoms. The number of rotatable bonds is 4. The number of ether oxygens (including phenoxy) is 1. The lowest BCUT2D eigenvalue weighted by Crippen LogP contribution is -2.39. The summed E-state index contributed by atoms with van der Waals surface area (Å²) in [6, 6.07) is 2.85. The standard InChI is InChI=1S/C11H12ClN3O2S/c1-17-4-7(13)11(16)15-9-6(12)2-3-8-10(9)14-5-18-8/h2-3,5,7H,4,13H2,1H3,(H,15,16). The number of hydrogen-bond acceptors (Lipinski definition) is 5. The van der Waals surface area contributed by atoms with Crippen molar-refractivity contribution in [2.24, 2.45) is 5.73 Å². The van der Waals surface area contributed by atoms with E-state index in [1.807, 2.05) is 6.07 Å². The van der Waals surface area contributed by atoms with Crippen LogP contribution in [0.1, 0.15) is 0 Å². The smallest absolute Gasteiger partial charge is 0.243 e. The van der Waals surface area contributed by atoms with Gasteiger partial charge in [-0.3, -0.25) is 4.79 Å². The molecule has 0 fully saturated rings. The monoisotopic (exact) mass is 285 g/mol. The Morgan fingerprint density at radius 3 is 3.17 bits per heavy atom. The number of halogens is 1. The maximum absolute atomic E-state index is 11.8. The van der Waals surface area contributed by atoms with Crippen LogP contribution in [0.2, 0.25) is 5.02 Å². The maximum Gasteiger partial charge on any atom is 0.243 e. The summed E-state index contributed by atoms with van der Waals surface area (Å²) in [7, 11) is 1.49. The lowest BCUT2D eigenvalue weighted by atomic mass is 10.2. The number of anilines is 1. The molecule has 1 unspecified atom stereocenters. The topological polar surface area (TPSA) is 77.2 Å². The first-order chi connectivity index (χ1) is 8.63. The third kappa shape index (κ3) is 2.62. The quantitative estimate of drug-likeness (QED) is 0.899. The van der Waals surface area contributed by atoms with Crippen molar-refractivity contribution in [2.45, 2.75) is 6.04 Å². The molecule has 1 aromatic carbocycles. The number of carbonyl (C=O) groups excluding carboxylic acids is 1. The molecule has 0 aliphatic heterocycles. The minimum atomic E-state index is -0.736. The number of thiazole rings is 1. The van der Waals surface area contributed by atoms with E-state index in [9.17, 15) is 4.79 Å². The van der Waals surface area contributed by atoms with E-state index in [0.29, 0.717) is 16.2 Å². The van der Waals surface area contributed by atoms with E-state index < -0.39 is 6.04 Å². The molecular weight excluding hydrogens is 274 g/mol. The first-order valence-electron chi connectivity index (χ1n) is 5.20. The molecule has 1 aromatic heterocycles. The molecule has 0 aliphatic carbocycles. The molecule has 1 atom stereocenters. The SMILES string of the molecule is COCC(N)C(=O)Nc1c(Cl)ccc2scnc12. The number of aromatic nitrogens is 1. The summed E-state index contributed by atoms with van der Waals surface area (Å²) >= 11 is 7.54. The highest BCUT2D eigenvalue weighted by Crippen LogP contribution is 2.32. The van der Waals surface area contributed by atoms with Gasteiger partial charge in [0.05, 0.1) is 27.5 Å². The average Bonchev–Trinajstić information content (AvgIpc) is 2.81. The number of hydrogen-bond donors (Lipinski definition) is 2. The molecule has 2 aromatic rings. The van der Waals surface area contributed by atoms with Crippen molar-refractivity contribution in [1.29, 1.82) is 0 Å². The van der Waals surface area contributed by atoms with Gasteiger partial charge >= 0.3 is 0 Å². The number of amides is 1. The van der Waals surface area contributed by atoms with Gasteiger partial charge in [0.15, 0.2) is 0 Å². The number of fused-ring (bicyclic) bond motifs is 1.